The van der Waals surface area contributed by atoms with E-state index >= 15 is 0 Å². The molecule has 0 aromatic heterocycles. The van der Waals surface area contributed by atoms with Crippen LogP contribution in [0.3, 0.4) is 0 Å². The smallest absolute Gasteiger partial charge is 0.195 e. The molecule has 7 nitrogen and oxygen atoms in total. The molecule has 2 aliphatic rings. The Morgan fingerprint density at radius 3 is 2.42 bits per heavy atom. The summed E-state index contributed by atoms with van der Waals surface area (Å²) >= 11 is 0. The number of ether oxygens (including phenoxy) is 3. The molecule has 0 aromatic rings. The maximum absolute atomic E-state index is 10.7. The van der Waals surface area contributed by atoms with Gasteiger partial charge in [0.15, 0.2) is 20.4 Å². The lowest BCUT2D eigenvalue weighted by Crippen LogP contribution is -2.43. The first-order valence-corrected chi connectivity index (χ1v) is 15.0. The van der Waals surface area contributed by atoms with Gasteiger partial charge in [0.05, 0.1) is 24.4 Å². The Kier molecular flexibility index (Phi) is 10.8. The van der Waals surface area contributed by atoms with E-state index in [0.29, 0.717) is 31.3 Å². The highest BCUT2D eigenvalue weighted by Crippen LogP contribution is 2.40. The van der Waals surface area contributed by atoms with Crippen LogP contribution in [0.15, 0.2) is 24.3 Å². The molecular formula is C25H46O7Si. The van der Waals surface area contributed by atoms with Crippen molar-refractivity contribution < 1.29 is 34.0 Å². The van der Waals surface area contributed by atoms with Gasteiger partial charge in [-0.05, 0) is 49.0 Å². The number of methoxy groups -OCH3 is 1. The number of aliphatic hydroxyl groups is 3. The minimum absolute atomic E-state index is 0.0349. The van der Waals surface area contributed by atoms with Crippen LogP contribution in [0.5, 0.6) is 0 Å². The Morgan fingerprint density at radius 2 is 1.88 bits per heavy atom. The molecule has 0 bridgehead atoms. The van der Waals surface area contributed by atoms with E-state index in [2.05, 4.69) is 33.9 Å². The third kappa shape index (κ3) is 7.45. The van der Waals surface area contributed by atoms with E-state index < -0.39 is 38.7 Å². The van der Waals surface area contributed by atoms with E-state index in [0.717, 1.165) is 30.1 Å². The second-order valence-corrected chi connectivity index (χ2v) is 14.6. The molecule has 2 heterocycles. The Hall–Kier alpha value is -0.583. The summed E-state index contributed by atoms with van der Waals surface area (Å²) in [6, 6.07) is 2.97. The quantitative estimate of drug-likeness (QED) is 0.252. The lowest BCUT2D eigenvalue weighted by atomic mass is 9.96. The van der Waals surface area contributed by atoms with Gasteiger partial charge in [-0.3, -0.25) is 0 Å². The van der Waals surface area contributed by atoms with Gasteiger partial charge in [-0.25, -0.2) is 0 Å². The molecule has 0 amide bonds. The molecule has 8 heteroatoms. The van der Waals surface area contributed by atoms with Crippen molar-refractivity contribution in [3.05, 3.63) is 24.3 Å². The SMILES string of the molecule is C=C(C[C@@H]1OC(CC[C@]2(OC)CC(O)C(O[Si](CC)(CC)CC)O2)CC1=C)C(O)C[C@@H](C)O. The molecule has 3 N–H and O–H groups in total. The van der Waals surface area contributed by atoms with E-state index in [9.17, 15) is 15.3 Å². The Bertz CT molecular complexity index is 642. The van der Waals surface area contributed by atoms with Crippen LogP contribution in [0.25, 0.3) is 0 Å². The second kappa shape index (κ2) is 12.4. The van der Waals surface area contributed by atoms with Crippen LogP contribution in [0.2, 0.25) is 18.1 Å². The van der Waals surface area contributed by atoms with Crippen molar-refractivity contribution in [1.82, 2.24) is 0 Å². The predicted octanol–water partition coefficient (Wildman–Crippen LogP) is 4.03. The standard InChI is InChI=1S/C25H46O7Si/c1-8-33(9-2,10-3)32-24-22(28)16-25(29-7,31-24)12-11-20-13-18(5)23(30-20)14-17(4)21(27)15-19(6)26/h19-24,26-28H,4-5,8-16H2,1-3,6-7H3/t19-,20?,21?,22?,23+,24?,25-/m1/s1. The average Bonchev–Trinajstić information content (AvgIpc) is 3.29. The molecule has 4 unspecified atom stereocenters. The zero-order valence-electron chi connectivity index (χ0n) is 21.2. The molecule has 2 aliphatic heterocycles. The zero-order chi connectivity index (χ0) is 24.8. The van der Waals surface area contributed by atoms with E-state index in [-0.39, 0.29) is 18.6 Å². The molecule has 0 saturated carbocycles. The lowest BCUT2D eigenvalue weighted by molar-refractivity contribution is -0.254. The van der Waals surface area contributed by atoms with Crippen LogP contribution in [0.1, 0.15) is 66.2 Å². The molecule has 0 spiro atoms. The Balaban J connectivity index is 1.91. The second-order valence-electron chi connectivity index (χ2n) is 9.84. The fourth-order valence-electron chi connectivity index (χ4n) is 4.90. The summed E-state index contributed by atoms with van der Waals surface area (Å²) in [6.45, 7) is 16.2. The van der Waals surface area contributed by atoms with Crippen LogP contribution in [-0.2, 0) is 18.6 Å². The Labute approximate surface area is 200 Å². The van der Waals surface area contributed by atoms with Crippen molar-refractivity contribution >= 4 is 8.32 Å². The van der Waals surface area contributed by atoms with E-state index in [4.69, 9.17) is 18.6 Å². The summed E-state index contributed by atoms with van der Waals surface area (Å²) in [4.78, 5) is 0. The maximum Gasteiger partial charge on any atom is 0.195 e. The molecule has 2 rings (SSSR count). The van der Waals surface area contributed by atoms with E-state index in [1.807, 2.05) is 0 Å². The topological polar surface area (TPSA) is 97.6 Å². The van der Waals surface area contributed by atoms with Crippen LogP contribution in [-0.4, -0.2) is 73.3 Å². The van der Waals surface area contributed by atoms with Crippen molar-refractivity contribution in [2.24, 2.45) is 0 Å². The molecule has 0 aromatic carbocycles. The molecule has 7 atom stereocenters. The minimum Gasteiger partial charge on any atom is -0.393 e. The van der Waals surface area contributed by atoms with Gasteiger partial charge >= 0.3 is 0 Å². The number of hydrogen-bond donors (Lipinski definition) is 3. The molecule has 2 saturated heterocycles. The van der Waals surface area contributed by atoms with Gasteiger partial charge in [-0.2, -0.15) is 0 Å². The highest BCUT2D eigenvalue weighted by molar-refractivity contribution is 6.73. The minimum atomic E-state index is -1.92. The average molecular weight is 487 g/mol. The molecule has 192 valence electrons. The first kappa shape index (κ1) is 28.7. The normalized spacial score (nSPS) is 32.3. The van der Waals surface area contributed by atoms with Crippen LogP contribution in [0, 0.1) is 0 Å². The van der Waals surface area contributed by atoms with Crippen molar-refractivity contribution in [1.29, 1.82) is 0 Å². The summed E-state index contributed by atoms with van der Waals surface area (Å²) in [5.74, 6) is -0.890. The molecular weight excluding hydrogens is 440 g/mol. The van der Waals surface area contributed by atoms with Gasteiger partial charge in [0.25, 0.3) is 0 Å². The highest BCUT2D eigenvalue weighted by atomic mass is 28.4. The predicted molar refractivity (Wildman–Crippen MR) is 131 cm³/mol. The van der Waals surface area contributed by atoms with Crippen molar-refractivity contribution in [2.45, 2.75) is 127 Å². The summed E-state index contributed by atoms with van der Waals surface area (Å²) < 4.78 is 24.6. The van der Waals surface area contributed by atoms with Crippen LogP contribution >= 0.6 is 0 Å². The van der Waals surface area contributed by atoms with Gasteiger partial charge in [-0.1, -0.05) is 33.9 Å². The van der Waals surface area contributed by atoms with Crippen molar-refractivity contribution in [3.8, 4) is 0 Å². The molecule has 33 heavy (non-hydrogen) atoms. The van der Waals surface area contributed by atoms with E-state index in [1.54, 1.807) is 14.0 Å². The summed E-state index contributed by atoms with van der Waals surface area (Å²) in [5.41, 5.74) is 1.63. The number of aliphatic hydroxyl groups excluding tert-OH is 3. The van der Waals surface area contributed by atoms with Crippen molar-refractivity contribution in [3.63, 3.8) is 0 Å². The van der Waals surface area contributed by atoms with Gasteiger partial charge in [0.1, 0.15) is 6.10 Å². The van der Waals surface area contributed by atoms with Gasteiger partial charge in [-0.15, -0.1) is 0 Å². The van der Waals surface area contributed by atoms with Gasteiger partial charge in [0.2, 0.25) is 0 Å². The third-order valence-corrected chi connectivity index (χ3v) is 12.1. The highest BCUT2D eigenvalue weighted by Gasteiger charge is 2.49. The maximum atomic E-state index is 10.7. The zero-order valence-corrected chi connectivity index (χ0v) is 22.2. The molecule has 0 aliphatic carbocycles. The number of rotatable bonds is 14. The summed E-state index contributed by atoms with van der Waals surface area (Å²) in [7, 11) is -0.308. The third-order valence-electron chi connectivity index (χ3n) is 7.47. The van der Waals surface area contributed by atoms with Crippen LogP contribution in [0.4, 0.5) is 0 Å². The lowest BCUT2D eigenvalue weighted by Gasteiger charge is -2.34. The molecule has 2 fully saturated rings. The fraction of sp³-hybridized carbons (Fsp3) is 0.840. The largest absolute Gasteiger partial charge is 0.393 e. The Morgan fingerprint density at radius 1 is 1.24 bits per heavy atom. The summed E-state index contributed by atoms with van der Waals surface area (Å²) in [6.07, 6.45) is 0.187. The monoisotopic (exact) mass is 486 g/mol. The van der Waals surface area contributed by atoms with Gasteiger partial charge < -0.3 is 34.0 Å². The van der Waals surface area contributed by atoms with Gasteiger partial charge in [0, 0.05) is 32.8 Å². The van der Waals surface area contributed by atoms with Crippen LogP contribution < -0.4 is 0 Å². The summed E-state index contributed by atoms with van der Waals surface area (Å²) in [5, 5.41) is 30.4. The first-order valence-electron chi connectivity index (χ1n) is 12.5. The number of hydrogen-bond acceptors (Lipinski definition) is 7. The van der Waals surface area contributed by atoms with Crippen molar-refractivity contribution in [2.75, 3.05) is 7.11 Å². The fourth-order valence-corrected chi connectivity index (χ4v) is 7.60. The molecule has 0 radical (unpaired) electrons. The first-order chi connectivity index (χ1) is 15.5. The van der Waals surface area contributed by atoms with E-state index in [1.165, 1.54) is 0 Å².